The molecule has 0 saturated carbocycles. The number of hydrogen-bond donors (Lipinski definition) is 0. The molecule has 0 heterocycles. The Morgan fingerprint density at radius 3 is 1.90 bits per heavy atom. The van der Waals surface area contributed by atoms with Gasteiger partial charge in [-0.25, -0.2) is 0 Å². The quantitative estimate of drug-likeness (QED) is 0.302. The Hall–Kier alpha value is -0.820. The zero-order chi connectivity index (χ0) is 15.2. The number of nitrogens with zero attached hydrogens (tertiary/aromatic N) is 1. The van der Waals surface area contributed by atoms with Gasteiger partial charge in [0.2, 0.25) is 0 Å². The van der Waals surface area contributed by atoms with Crippen molar-refractivity contribution >= 4 is 17.8 Å². The normalized spacial score (nSPS) is 11.3. The summed E-state index contributed by atoms with van der Waals surface area (Å²) < 4.78 is 0. The molecule has 1 rings (SSSR count). The van der Waals surface area contributed by atoms with E-state index in [1.165, 1.54) is 64.2 Å². The number of benzene rings is 1. The maximum Gasteiger partial charge on any atom is 0.0406 e. The fourth-order valence-corrected chi connectivity index (χ4v) is 2.54. The fourth-order valence-electron chi connectivity index (χ4n) is 2.41. The first-order chi connectivity index (χ1) is 10.3. The van der Waals surface area contributed by atoms with Crippen molar-refractivity contribution in [3.05, 3.63) is 34.9 Å². The molecule has 0 aliphatic rings. The van der Waals surface area contributed by atoms with E-state index in [1.54, 1.807) is 0 Å². The predicted octanol–water partition coefficient (Wildman–Crippen LogP) is 6.68. The molecule has 0 saturated heterocycles. The summed E-state index contributed by atoms with van der Waals surface area (Å²) in [5, 5.41) is 0.779. The SMILES string of the molecule is CCCCCCCCCCCCN=Cc1ccc(Cl)cc1. The minimum absolute atomic E-state index is 0.779. The van der Waals surface area contributed by atoms with Crippen LogP contribution in [0.1, 0.15) is 76.7 Å². The molecule has 0 bridgehead atoms. The van der Waals surface area contributed by atoms with Crippen molar-refractivity contribution in [2.75, 3.05) is 6.54 Å². The van der Waals surface area contributed by atoms with Crippen molar-refractivity contribution in [1.82, 2.24) is 0 Å². The van der Waals surface area contributed by atoms with E-state index < -0.39 is 0 Å². The van der Waals surface area contributed by atoms with E-state index in [2.05, 4.69) is 11.9 Å². The summed E-state index contributed by atoms with van der Waals surface area (Å²) in [6.45, 7) is 3.22. The summed E-state index contributed by atoms with van der Waals surface area (Å²) in [6, 6.07) is 7.82. The van der Waals surface area contributed by atoms with Crippen LogP contribution in [0.25, 0.3) is 0 Å². The van der Waals surface area contributed by atoms with E-state index in [4.69, 9.17) is 11.6 Å². The molecular weight excluding hydrogens is 278 g/mol. The number of unbranched alkanes of at least 4 members (excludes halogenated alkanes) is 9. The van der Waals surface area contributed by atoms with E-state index in [1.807, 2.05) is 30.5 Å². The third-order valence-corrected chi connectivity index (χ3v) is 4.00. The summed E-state index contributed by atoms with van der Waals surface area (Å²) in [5.74, 6) is 0. The highest BCUT2D eigenvalue weighted by atomic mass is 35.5. The van der Waals surface area contributed by atoms with Crippen LogP contribution in [0.5, 0.6) is 0 Å². The van der Waals surface area contributed by atoms with Gasteiger partial charge in [0.25, 0.3) is 0 Å². The fraction of sp³-hybridized carbons (Fsp3) is 0.632. The van der Waals surface area contributed by atoms with Gasteiger partial charge in [0.1, 0.15) is 0 Å². The number of halogens is 1. The lowest BCUT2D eigenvalue weighted by molar-refractivity contribution is 0.558. The van der Waals surface area contributed by atoms with Crippen LogP contribution in [0.15, 0.2) is 29.3 Å². The van der Waals surface area contributed by atoms with Crippen LogP contribution in [0.2, 0.25) is 5.02 Å². The average Bonchev–Trinajstić information content (AvgIpc) is 2.50. The number of hydrogen-bond acceptors (Lipinski definition) is 1. The third-order valence-electron chi connectivity index (χ3n) is 3.75. The molecule has 118 valence electrons. The van der Waals surface area contributed by atoms with E-state index in [9.17, 15) is 0 Å². The summed E-state index contributed by atoms with van der Waals surface area (Å²) >= 11 is 5.85. The second-order valence-electron chi connectivity index (χ2n) is 5.77. The molecule has 2 heteroatoms. The van der Waals surface area contributed by atoms with Gasteiger partial charge in [-0.3, -0.25) is 4.99 Å². The van der Waals surface area contributed by atoms with Gasteiger partial charge in [0.15, 0.2) is 0 Å². The topological polar surface area (TPSA) is 12.4 Å². The summed E-state index contributed by atoms with van der Waals surface area (Å²) in [7, 11) is 0. The van der Waals surface area contributed by atoms with Gasteiger partial charge in [-0.2, -0.15) is 0 Å². The molecule has 0 atom stereocenters. The van der Waals surface area contributed by atoms with E-state index >= 15 is 0 Å². The Bertz CT molecular complexity index is 370. The second kappa shape index (κ2) is 12.9. The van der Waals surface area contributed by atoms with E-state index in [0.29, 0.717) is 0 Å². The van der Waals surface area contributed by atoms with Gasteiger partial charge in [-0.05, 0) is 24.1 Å². The zero-order valence-corrected chi connectivity index (χ0v) is 14.2. The molecule has 0 amide bonds. The van der Waals surface area contributed by atoms with Gasteiger partial charge in [0.05, 0.1) is 0 Å². The molecule has 1 aromatic rings. The van der Waals surface area contributed by atoms with Crippen molar-refractivity contribution in [2.45, 2.75) is 71.1 Å². The van der Waals surface area contributed by atoms with Crippen molar-refractivity contribution < 1.29 is 0 Å². The molecule has 1 nitrogen and oxygen atoms in total. The van der Waals surface area contributed by atoms with Crippen LogP contribution >= 0.6 is 11.6 Å². The largest absolute Gasteiger partial charge is 0.293 e. The first-order valence-electron chi connectivity index (χ1n) is 8.58. The molecule has 21 heavy (non-hydrogen) atoms. The smallest absolute Gasteiger partial charge is 0.0406 e. The molecule has 0 aromatic heterocycles. The van der Waals surface area contributed by atoms with E-state index in [-0.39, 0.29) is 0 Å². The molecule has 1 aromatic carbocycles. The minimum atomic E-state index is 0.779. The highest BCUT2D eigenvalue weighted by Gasteiger charge is 1.92. The van der Waals surface area contributed by atoms with E-state index in [0.717, 1.165) is 17.1 Å². The number of rotatable bonds is 12. The van der Waals surface area contributed by atoms with Gasteiger partial charge >= 0.3 is 0 Å². The Labute approximate surface area is 135 Å². The molecule has 0 spiro atoms. The van der Waals surface area contributed by atoms with Crippen molar-refractivity contribution in [2.24, 2.45) is 4.99 Å². The van der Waals surface area contributed by atoms with Gasteiger partial charge < -0.3 is 0 Å². The predicted molar refractivity (Wildman–Crippen MR) is 95.8 cm³/mol. The first-order valence-corrected chi connectivity index (χ1v) is 8.96. The Morgan fingerprint density at radius 2 is 1.33 bits per heavy atom. The number of aliphatic imine (C=N–C) groups is 1. The summed E-state index contributed by atoms with van der Waals surface area (Å²) in [6.07, 6.45) is 15.7. The van der Waals surface area contributed by atoms with Crippen molar-refractivity contribution in [3.8, 4) is 0 Å². The lowest BCUT2D eigenvalue weighted by Crippen LogP contribution is -1.86. The Kier molecular flexibility index (Phi) is 11.2. The molecule has 0 N–H and O–H groups in total. The monoisotopic (exact) mass is 307 g/mol. The minimum Gasteiger partial charge on any atom is -0.293 e. The average molecular weight is 308 g/mol. The molecule has 0 aliphatic heterocycles. The Balaban J connectivity index is 1.89. The van der Waals surface area contributed by atoms with Gasteiger partial charge in [-0.15, -0.1) is 0 Å². The summed E-state index contributed by atoms with van der Waals surface area (Å²) in [4.78, 5) is 4.47. The molecular formula is C19H30ClN. The van der Waals surface area contributed by atoms with Crippen LogP contribution in [-0.2, 0) is 0 Å². The van der Waals surface area contributed by atoms with Crippen molar-refractivity contribution in [1.29, 1.82) is 0 Å². The molecule has 0 radical (unpaired) electrons. The zero-order valence-electron chi connectivity index (χ0n) is 13.5. The van der Waals surface area contributed by atoms with Crippen LogP contribution in [0.4, 0.5) is 0 Å². The highest BCUT2D eigenvalue weighted by Crippen LogP contribution is 2.11. The summed E-state index contributed by atoms with van der Waals surface area (Å²) in [5.41, 5.74) is 1.13. The van der Waals surface area contributed by atoms with Crippen LogP contribution < -0.4 is 0 Å². The third kappa shape index (κ3) is 10.5. The highest BCUT2D eigenvalue weighted by molar-refractivity contribution is 6.30. The second-order valence-corrected chi connectivity index (χ2v) is 6.21. The first kappa shape index (κ1) is 18.2. The molecule has 0 unspecified atom stereocenters. The molecule has 0 aliphatic carbocycles. The Morgan fingerprint density at radius 1 is 0.810 bits per heavy atom. The lowest BCUT2D eigenvalue weighted by atomic mass is 10.1. The van der Waals surface area contributed by atoms with Crippen molar-refractivity contribution in [3.63, 3.8) is 0 Å². The van der Waals surface area contributed by atoms with Crippen LogP contribution in [0.3, 0.4) is 0 Å². The van der Waals surface area contributed by atoms with Gasteiger partial charge in [-0.1, -0.05) is 88.4 Å². The molecule has 0 fully saturated rings. The standard InChI is InChI=1S/C19H30ClN/c1-2-3-4-5-6-7-8-9-10-11-16-21-17-18-12-14-19(20)15-13-18/h12-15,17H,2-11,16H2,1H3. The van der Waals surface area contributed by atoms with Crippen LogP contribution in [0, 0.1) is 0 Å². The maximum absolute atomic E-state index is 5.85. The van der Waals surface area contributed by atoms with Crippen LogP contribution in [-0.4, -0.2) is 12.8 Å². The van der Waals surface area contributed by atoms with Gasteiger partial charge in [0, 0.05) is 17.8 Å². The lowest BCUT2D eigenvalue weighted by Gasteiger charge is -2.01. The maximum atomic E-state index is 5.85.